The largest absolute Gasteiger partial charge is 0.379 e. The van der Waals surface area contributed by atoms with Crippen LogP contribution in [0.25, 0.3) is 0 Å². The van der Waals surface area contributed by atoms with Gasteiger partial charge in [-0.1, -0.05) is 34.8 Å². The summed E-state index contributed by atoms with van der Waals surface area (Å²) in [5.74, 6) is 0. The van der Waals surface area contributed by atoms with Crippen LogP contribution in [0.15, 0.2) is 18.2 Å². The maximum atomic E-state index is 6.24. The van der Waals surface area contributed by atoms with Crippen LogP contribution < -0.4 is 5.32 Å². The highest BCUT2D eigenvalue weighted by Gasteiger charge is 2.12. The Balaban J connectivity index is 2.16. The van der Waals surface area contributed by atoms with Gasteiger partial charge in [0, 0.05) is 12.2 Å². The Kier molecular flexibility index (Phi) is 4.61. The zero-order valence-corrected chi connectivity index (χ0v) is 12.9. The van der Waals surface area contributed by atoms with Gasteiger partial charge in [-0.05, 0) is 32.0 Å². The van der Waals surface area contributed by atoms with Gasteiger partial charge in [-0.2, -0.15) is 5.10 Å². The van der Waals surface area contributed by atoms with Crippen LogP contribution >= 0.6 is 34.8 Å². The summed E-state index contributed by atoms with van der Waals surface area (Å²) in [7, 11) is 0. The van der Waals surface area contributed by atoms with Crippen molar-refractivity contribution in [3.05, 3.63) is 44.7 Å². The Hall–Kier alpha value is -0.900. The van der Waals surface area contributed by atoms with Gasteiger partial charge in [-0.25, -0.2) is 0 Å². The Morgan fingerprint density at radius 3 is 2.58 bits per heavy atom. The van der Waals surface area contributed by atoms with Crippen LogP contribution in [-0.4, -0.2) is 9.78 Å². The van der Waals surface area contributed by atoms with Crippen LogP contribution in [0, 0.1) is 6.92 Å². The first-order valence-corrected chi connectivity index (χ1v) is 7.07. The molecule has 1 aromatic carbocycles. The fourth-order valence-corrected chi connectivity index (χ4v) is 2.33. The number of hydrogen-bond acceptors (Lipinski definition) is 2. The summed E-state index contributed by atoms with van der Waals surface area (Å²) >= 11 is 18.1. The standard InChI is InChI=1S/C13H14Cl3N3/c1-3-19-12(13(16)8(2)18-19)7-17-9-4-5-10(14)11(15)6-9/h4-6,17H,3,7H2,1-2H3. The molecule has 102 valence electrons. The molecular weight excluding hydrogens is 305 g/mol. The lowest BCUT2D eigenvalue weighted by molar-refractivity contribution is 0.623. The van der Waals surface area contributed by atoms with Crippen LogP contribution in [0.5, 0.6) is 0 Å². The summed E-state index contributed by atoms with van der Waals surface area (Å²) < 4.78 is 1.89. The highest BCUT2D eigenvalue weighted by atomic mass is 35.5. The molecule has 0 saturated carbocycles. The molecule has 1 heterocycles. The summed E-state index contributed by atoms with van der Waals surface area (Å²) in [6.45, 7) is 5.31. The third-order valence-electron chi connectivity index (χ3n) is 2.83. The van der Waals surface area contributed by atoms with Gasteiger partial charge in [0.25, 0.3) is 0 Å². The van der Waals surface area contributed by atoms with Gasteiger partial charge in [-0.3, -0.25) is 4.68 Å². The molecule has 0 atom stereocenters. The molecule has 19 heavy (non-hydrogen) atoms. The average Bonchev–Trinajstić information content (AvgIpc) is 2.67. The predicted octanol–water partition coefficient (Wildman–Crippen LogP) is 4.78. The first-order valence-electron chi connectivity index (χ1n) is 5.93. The topological polar surface area (TPSA) is 29.9 Å². The molecule has 1 aromatic heterocycles. The molecule has 2 rings (SSSR count). The molecular formula is C13H14Cl3N3. The van der Waals surface area contributed by atoms with E-state index >= 15 is 0 Å². The van der Waals surface area contributed by atoms with Crippen molar-refractivity contribution in [1.29, 1.82) is 0 Å². The van der Waals surface area contributed by atoms with Crippen molar-refractivity contribution in [1.82, 2.24) is 9.78 Å². The Morgan fingerprint density at radius 1 is 1.21 bits per heavy atom. The van der Waals surface area contributed by atoms with E-state index in [0.29, 0.717) is 21.6 Å². The zero-order chi connectivity index (χ0) is 14.0. The van der Waals surface area contributed by atoms with E-state index in [1.54, 1.807) is 12.1 Å². The van der Waals surface area contributed by atoms with Crippen LogP contribution in [0.2, 0.25) is 15.1 Å². The molecule has 0 bridgehead atoms. The van der Waals surface area contributed by atoms with Crippen LogP contribution in [0.3, 0.4) is 0 Å². The van der Waals surface area contributed by atoms with Gasteiger partial charge in [0.15, 0.2) is 0 Å². The molecule has 2 aromatic rings. The highest BCUT2D eigenvalue weighted by molar-refractivity contribution is 6.42. The molecule has 3 nitrogen and oxygen atoms in total. The Bertz CT molecular complexity index is 593. The van der Waals surface area contributed by atoms with Crippen LogP contribution in [0.1, 0.15) is 18.3 Å². The number of nitrogens with one attached hydrogen (secondary N) is 1. The van der Waals surface area contributed by atoms with Crippen molar-refractivity contribution >= 4 is 40.5 Å². The van der Waals surface area contributed by atoms with E-state index < -0.39 is 0 Å². The van der Waals surface area contributed by atoms with Gasteiger partial charge in [0.1, 0.15) is 0 Å². The first-order chi connectivity index (χ1) is 9.02. The Morgan fingerprint density at radius 2 is 1.95 bits per heavy atom. The van der Waals surface area contributed by atoms with Crippen molar-refractivity contribution in [3.63, 3.8) is 0 Å². The van der Waals surface area contributed by atoms with Crippen molar-refractivity contribution in [2.24, 2.45) is 0 Å². The molecule has 1 N–H and O–H groups in total. The number of nitrogens with zero attached hydrogens (tertiary/aromatic N) is 2. The third kappa shape index (κ3) is 3.16. The maximum absolute atomic E-state index is 6.24. The minimum Gasteiger partial charge on any atom is -0.379 e. The number of rotatable bonds is 4. The van der Waals surface area contributed by atoms with E-state index in [0.717, 1.165) is 23.6 Å². The smallest absolute Gasteiger partial charge is 0.0865 e. The second kappa shape index (κ2) is 6.04. The molecule has 0 aliphatic heterocycles. The van der Waals surface area contributed by atoms with E-state index in [1.807, 2.05) is 24.6 Å². The summed E-state index contributed by atoms with van der Waals surface area (Å²) in [5.41, 5.74) is 2.70. The summed E-state index contributed by atoms with van der Waals surface area (Å²) in [6, 6.07) is 5.43. The lowest BCUT2D eigenvalue weighted by Gasteiger charge is -2.09. The summed E-state index contributed by atoms with van der Waals surface area (Å²) in [4.78, 5) is 0. The summed E-state index contributed by atoms with van der Waals surface area (Å²) in [5, 5.41) is 9.41. The molecule has 0 fully saturated rings. The quantitative estimate of drug-likeness (QED) is 0.879. The van der Waals surface area contributed by atoms with Crippen molar-refractivity contribution in [2.75, 3.05) is 5.32 Å². The van der Waals surface area contributed by atoms with E-state index in [1.165, 1.54) is 0 Å². The van der Waals surface area contributed by atoms with Crippen molar-refractivity contribution in [3.8, 4) is 0 Å². The molecule has 0 saturated heterocycles. The number of hydrogen-bond donors (Lipinski definition) is 1. The van der Waals surface area contributed by atoms with Crippen LogP contribution in [-0.2, 0) is 13.1 Å². The second-order valence-corrected chi connectivity index (χ2v) is 5.34. The van der Waals surface area contributed by atoms with Gasteiger partial charge >= 0.3 is 0 Å². The molecule has 0 aliphatic rings. The molecule has 0 spiro atoms. The van der Waals surface area contributed by atoms with E-state index in [4.69, 9.17) is 34.8 Å². The molecule has 0 amide bonds. The number of aromatic nitrogens is 2. The van der Waals surface area contributed by atoms with E-state index in [2.05, 4.69) is 10.4 Å². The van der Waals surface area contributed by atoms with Crippen LogP contribution in [0.4, 0.5) is 5.69 Å². The number of anilines is 1. The summed E-state index contributed by atoms with van der Waals surface area (Å²) in [6.07, 6.45) is 0. The third-order valence-corrected chi connectivity index (χ3v) is 4.06. The number of halogens is 3. The minimum absolute atomic E-state index is 0.526. The maximum Gasteiger partial charge on any atom is 0.0865 e. The number of aryl methyl sites for hydroxylation is 2. The van der Waals surface area contributed by atoms with Crippen molar-refractivity contribution < 1.29 is 0 Å². The SMILES string of the molecule is CCn1nc(C)c(Cl)c1CNc1ccc(Cl)c(Cl)c1. The lowest BCUT2D eigenvalue weighted by Crippen LogP contribution is -2.08. The molecule has 0 radical (unpaired) electrons. The Labute approximate surface area is 127 Å². The van der Waals surface area contributed by atoms with E-state index in [9.17, 15) is 0 Å². The van der Waals surface area contributed by atoms with Gasteiger partial charge in [-0.15, -0.1) is 0 Å². The first kappa shape index (κ1) is 14.5. The molecule has 0 aliphatic carbocycles. The minimum atomic E-state index is 0.526. The second-order valence-electron chi connectivity index (χ2n) is 4.14. The fraction of sp³-hybridized carbons (Fsp3) is 0.308. The normalized spacial score (nSPS) is 10.8. The van der Waals surface area contributed by atoms with Gasteiger partial charge in [0.05, 0.1) is 33.0 Å². The van der Waals surface area contributed by atoms with Crippen molar-refractivity contribution in [2.45, 2.75) is 26.9 Å². The molecule has 6 heteroatoms. The average molecular weight is 319 g/mol. The predicted molar refractivity (Wildman–Crippen MR) is 81.4 cm³/mol. The highest BCUT2D eigenvalue weighted by Crippen LogP contribution is 2.26. The number of benzene rings is 1. The van der Waals surface area contributed by atoms with Gasteiger partial charge < -0.3 is 5.32 Å². The fourth-order valence-electron chi connectivity index (χ4n) is 1.83. The van der Waals surface area contributed by atoms with E-state index in [-0.39, 0.29) is 0 Å². The monoisotopic (exact) mass is 317 g/mol. The zero-order valence-electron chi connectivity index (χ0n) is 10.7. The van der Waals surface area contributed by atoms with Gasteiger partial charge in [0.2, 0.25) is 0 Å². The lowest BCUT2D eigenvalue weighted by atomic mass is 10.3. The molecule has 0 unspecified atom stereocenters.